The Morgan fingerprint density at radius 1 is 0.577 bits per heavy atom. The average Bonchev–Trinajstić information content (AvgIpc) is 2.70. The molecule has 0 N–H and O–H groups in total. The Morgan fingerprint density at radius 3 is 1.46 bits per heavy atom. The number of rotatable bonds is 13. The number of unbranched alkanes of at least 4 members (excludes halogenated alkanes) is 9. The van der Waals surface area contributed by atoms with Crippen molar-refractivity contribution in [3.05, 3.63) is 77.9 Å². The van der Waals surface area contributed by atoms with Gasteiger partial charge in [0.1, 0.15) is 0 Å². The first kappa shape index (κ1) is 21.0. The van der Waals surface area contributed by atoms with Crippen molar-refractivity contribution in [3.63, 3.8) is 0 Å². The van der Waals surface area contributed by atoms with Crippen molar-refractivity contribution in [2.75, 3.05) is 5.33 Å². The van der Waals surface area contributed by atoms with Crippen LogP contribution in [0, 0.1) is 0 Å². The lowest BCUT2D eigenvalue weighted by Gasteiger charge is -2.09. The molecule has 0 amide bonds. The van der Waals surface area contributed by atoms with Crippen molar-refractivity contribution in [2.45, 2.75) is 64.2 Å². The highest BCUT2D eigenvalue weighted by Gasteiger charge is 2.03. The fraction of sp³-hybridized carbons (Fsp3) is 0.440. The molecule has 0 atom stereocenters. The predicted molar refractivity (Wildman–Crippen MR) is 120 cm³/mol. The third-order valence-corrected chi connectivity index (χ3v) is 5.42. The van der Waals surface area contributed by atoms with Crippen molar-refractivity contribution in [1.29, 1.82) is 0 Å². The van der Waals surface area contributed by atoms with Crippen LogP contribution in [-0.4, -0.2) is 5.33 Å². The third kappa shape index (κ3) is 8.36. The van der Waals surface area contributed by atoms with Gasteiger partial charge in [0.05, 0.1) is 0 Å². The molecule has 0 bridgehead atoms. The van der Waals surface area contributed by atoms with Gasteiger partial charge in [-0.15, -0.1) is 0 Å². The molecule has 0 spiro atoms. The summed E-state index contributed by atoms with van der Waals surface area (Å²) in [5.74, 6) is 0. The van der Waals surface area contributed by atoms with Crippen LogP contribution < -0.4 is 0 Å². The molecule has 0 saturated heterocycles. The van der Waals surface area contributed by atoms with Crippen LogP contribution in [-0.2, 0) is 0 Å². The zero-order valence-corrected chi connectivity index (χ0v) is 17.6. The Hall–Kier alpha value is -1.34. The summed E-state index contributed by atoms with van der Waals surface area (Å²) in [4.78, 5) is 0. The van der Waals surface area contributed by atoms with Crippen LogP contribution in [0.15, 0.2) is 66.7 Å². The molecule has 140 valence electrons. The molecule has 1 heteroatoms. The van der Waals surface area contributed by atoms with Crippen molar-refractivity contribution in [3.8, 4) is 0 Å². The van der Waals surface area contributed by atoms with E-state index < -0.39 is 0 Å². The molecule has 2 aromatic rings. The maximum Gasteiger partial charge on any atom is 0.00313 e. The van der Waals surface area contributed by atoms with E-state index in [0.29, 0.717) is 0 Å². The summed E-state index contributed by atoms with van der Waals surface area (Å²) in [5.41, 5.74) is 4.02. The fourth-order valence-electron chi connectivity index (χ4n) is 3.36. The number of halogens is 1. The first-order valence-corrected chi connectivity index (χ1v) is 11.4. The topological polar surface area (TPSA) is 0 Å². The second-order valence-corrected chi connectivity index (χ2v) is 7.80. The fourth-order valence-corrected chi connectivity index (χ4v) is 3.76. The van der Waals surface area contributed by atoms with Gasteiger partial charge in [-0.3, -0.25) is 0 Å². The minimum atomic E-state index is 1.16. The van der Waals surface area contributed by atoms with Crippen LogP contribution in [0.3, 0.4) is 0 Å². The average molecular weight is 413 g/mol. The maximum atomic E-state index is 3.50. The van der Waals surface area contributed by atoms with Gasteiger partial charge >= 0.3 is 0 Å². The summed E-state index contributed by atoms with van der Waals surface area (Å²) in [6, 6.07) is 21.6. The van der Waals surface area contributed by atoms with E-state index in [9.17, 15) is 0 Å². The number of hydrogen-bond donors (Lipinski definition) is 0. The van der Waals surface area contributed by atoms with Gasteiger partial charge in [-0.25, -0.2) is 0 Å². The highest BCUT2D eigenvalue weighted by atomic mass is 79.9. The Morgan fingerprint density at radius 2 is 1.00 bits per heavy atom. The second-order valence-electron chi connectivity index (χ2n) is 7.01. The van der Waals surface area contributed by atoms with Crippen LogP contribution in [0.5, 0.6) is 0 Å². The number of hydrogen-bond acceptors (Lipinski definition) is 0. The van der Waals surface area contributed by atoms with E-state index in [1.165, 1.54) is 80.9 Å². The second kappa shape index (κ2) is 13.8. The van der Waals surface area contributed by atoms with E-state index in [2.05, 4.69) is 82.7 Å². The van der Waals surface area contributed by atoms with E-state index in [-0.39, 0.29) is 0 Å². The van der Waals surface area contributed by atoms with Crippen molar-refractivity contribution >= 4 is 21.5 Å². The summed E-state index contributed by atoms with van der Waals surface area (Å²) >= 11 is 3.50. The minimum absolute atomic E-state index is 1.16. The molecule has 2 aromatic carbocycles. The first-order chi connectivity index (χ1) is 12.9. The predicted octanol–water partition coefficient (Wildman–Crippen LogP) is 8.41. The van der Waals surface area contributed by atoms with Gasteiger partial charge in [0.25, 0.3) is 0 Å². The minimum Gasteiger partial charge on any atom is -0.0928 e. The molecule has 0 heterocycles. The van der Waals surface area contributed by atoms with Gasteiger partial charge in [0.15, 0.2) is 0 Å². The maximum absolute atomic E-state index is 3.50. The van der Waals surface area contributed by atoms with Crippen LogP contribution in [0.2, 0.25) is 0 Å². The Balaban J connectivity index is 1.72. The third-order valence-electron chi connectivity index (χ3n) is 4.86. The van der Waals surface area contributed by atoms with E-state index in [0.717, 1.165) is 5.33 Å². The lowest BCUT2D eigenvalue weighted by atomic mass is 9.96. The standard InChI is InChI=1S/C25H33Br/c26-22-16-8-6-4-2-1-3-5-7-15-21-25(23-17-11-9-12-18-23)24-19-13-10-14-20-24/h9-14,17-21H,1-8,15-16,22H2. The van der Waals surface area contributed by atoms with Gasteiger partial charge in [0.2, 0.25) is 0 Å². The Labute approximate surface area is 168 Å². The molecular formula is C25H33Br. The number of allylic oxidation sites excluding steroid dienone is 1. The summed E-state index contributed by atoms with van der Waals surface area (Å²) in [6.07, 6.45) is 16.0. The van der Waals surface area contributed by atoms with Crippen molar-refractivity contribution in [2.24, 2.45) is 0 Å². The molecule has 0 radical (unpaired) electrons. The lowest BCUT2D eigenvalue weighted by molar-refractivity contribution is 0.567. The summed E-state index contributed by atoms with van der Waals surface area (Å²) < 4.78 is 0. The Bertz CT molecular complexity index is 559. The van der Waals surface area contributed by atoms with Crippen LogP contribution >= 0.6 is 15.9 Å². The number of alkyl halides is 1. The van der Waals surface area contributed by atoms with E-state index in [1.54, 1.807) is 0 Å². The molecule has 0 saturated carbocycles. The zero-order valence-electron chi connectivity index (χ0n) is 16.0. The largest absolute Gasteiger partial charge is 0.0928 e. The summed E-state index contributed by atoms with van der Waals surface area (Å²) in [7, 11) is 0. The van der Waals surface area contributed by atoms with Gasteiger partial charge in [-0.05, 0) is 36.0 Å². The summed E-state index contributed by atoms with van der Waals surface area (Å²) in [6.45, 7) is 0. The molecule has 0 aliphatic rings. The quantitative estimate of drug-likeness (QED) is 0.228. The van der Waals surface area contributed by atoms with Gasteiger partial charge in [0, 0.05) is 5.33 Å². The summed E-state index contributed by atoms with van der Waals surface area (Å²) in [5, 5.41) is 1.16. The molecule has 0 aliphatic heterocycles. The van der Waals surface area contributed by atoms with Crippen molar-refractivity contribution in [1.82, 2.24) is 0 Å². The van der Waals surface area contributed by atoms with E-state index in [4.69, 9.17) is 0 Å². The van der Waals surface area contributed by atoms with Gasteiger partial charge in [-0.2, -0.15) is 0 Å². The molecule has 0 unspecified atom stereocenters. The van der Waals surface area contributed by atoms with Gasteiger partial charge in [-0.1, -0.05) is 128 Å². The molecule has 0 aliphatic carbocycles. The Kier molecular flexibility index (Phi) is 11.1. The van der Waals surface area contributed by atoms with E-state index >= 15 is 0 Å². The number of benzene rings is 2. The first-order valence-electron chi connectivity index (χ1n) is 10.3. The van der Waals surface area contributed by atoms with Crippen LogP contribution in [0.4, 0.5) is 0 Å². The smallest absolute Gasteiger partial charge is 0.00313 e. The van der Waals surface area contributed by atoms with Crippen LogP contribution in [0.1, 0.15) is 75.3 Å². The SMILES string of the molecule is BrCCCCCCCCCCCC=C(c1ccccc1)c1ccccc1. The normalized spacial score (nSPS) is 10.7. The molecule has 0 nitrogen and oxygen atoms in total. The monoisotopic (exact) mass is 412 g/mol. The van der Waals surface area contributed by atoms with E-state index in [1.807, 2.05) is 0 Å². The van der Waals surface area contributed by atoms with Crippen molar-refractivity contribution < 1.29 is 0 Å². The molecule has 26 heavy (non-hydrogen) atoms. The molecular weight excluding hydrogens is 380 g/mol. The lowest BCUT2D eigenvalue weighted by Crippen LogP contribution is -1.88. The van der Waals surface area contributed by atoms with Crippen LogP contribution in [0.25, 0.3) is 5.57 Å². The molecule has 2 rings (SSSR count). The van der Waals surface area contributed by atoms with Gasteiger partial charge < -0.3 is 0 Å². The molecule has 0 fully saturated rings. The highest BCUT2D eigenvalue weighted by Crippen LogP contribution is 2.24. The molecule has 0 aromatic heterocycles. The highest BCUT2D eigenvalue weighted by molar-refractivity contribution is 9.09. The zero-order chi connectivity index (χ0) is 18.3.